The van der Waals surface area contributed by atoms with Crippen molar-refractivity contribution in [2.75, 3.05) is 12.4 Å². The Morgan fingerprint density at radius 2 is 1.86 bits per heavy atom. The van der Waals surface area contributed by atoms with Gasteiger partial charge in [0.1, 0.15) is 11.4 Å². The summed E-state index contributed by atoms with van der Waals surface area (Å²) in [4.78, 5) is 22.6. The molecule has 0 aliphatic rings. The molecule has 22 heavy (non-hydrogen) atoms. The van der Waals surface area contributed by atoms with Crippen molar-refractivity contribution in [2.45, 2.75) is 32.5 Å². The minimum absolute atomic E-state index is 0.408. The Bertz CT molecular complexity index is 583. The fourth-order valence-electron chi connectivity index (χ4n) is 1.66. The van der Waals surface area contributed by atoms with Gasteiger partial charge in [-0.05, 0) is 32.9 Å². The first kappa shape index (κ1) is 17.8. The van der Waals surface area contributed by atoms with Crippen molar-refractivity contribution in [2.24, 2.45) is 0 Å². The molecule has 0 fully saturated rings. The number of carboxylic acid groups (broad SMARTS) is 1. The van der Waals surface area contributed by atoms with Crippen molar-refractivity contribution in [3.63, 3.8) is 0 Å². The monoisotopic (exact) mass is 317 g/mol. The number of anilines is 1. The number of rotatable bonds is 4. The van der Waals surface area contributed by atoms with Gasteiger partial charge in [-0.1, -0.05) is 0 Å². The Morgan fingerprint density at radius 1 is 1.27 bits per heavy atom. The molecular weight excluding hydrogens is 300 g/mol. The Kier molecular flexibility index (Phi) is 5.43. The number of hydrogen-bond acceptors (Lipinski definition) is 4. The number of carbonyl (C=O) groups is 2. The Labute approximate surface area is 126 Å². The Morgan fingerprint density at radius 3 is 2.32 bits per heavy atom. The van der Waals surface area contributed by atoms with E-state index in [-0.39, 0.29) is 0 Å². The maximum atomic E-state index is 14.3. The van der Waals surface area contributed by atoms with Crippen LogP contribution in [0, 0.1) is 11.6 Å². The largest absolute Gasteiger partial charge is 0.479 e. The topological polar surface area (TPSA) is 84.9 Å². The lowest BCUT2D eigenvalue weighted by Gasteiger charge is -2.20. The van der Waals surface area contributed by atoms with E-state index >= 15 is 0 Å². The summed E-state index contributed by atoms with van der Waals surface area (Å²) in [5, 5.41) is 11.0. The Balaban J connectivity index is 3.14. The number of carbonyl (C=O) groups excluding carboxylic acids is 1. The number of nitrogens with one attached hydrogen (secondary N) is 1. The van der Waals surface area contributed by atoms with Crippen molar-refractivity contribution in [1.29, 1.82) is 0 Å². The highest BCUT2D eigenvalue weighted by atomic mass is 19.1. The number of methoxy groups -OCH3 is 1. The third kappa shape index (κ3) is 4.39. The molecule has 0 aliphatic heterocycles. The van der Waals surface area contributed by atoms with Crippen molar-refractivity contribution >= 4 is 17.7 Å². The molecule has 0 saturated heterocycles. The standard InChI is InChI=1S/C14H17F2NO5/c1-14(2,3)22-13(20)17-8-6-5-7(15)9(10(8)16)11(21-4)12(18)19/h5-6,11H,1-4H3,(H,17,20)(H,18,19). The van der Waals surface area contributed by atoms with E-state index in [1.807, 2.05) is 0 Å². The number of benzene rings is 1. The lowest BCUT2D eigenvalue weighted by atomic mass is 10.1. The number of hydrogen-bond donors (Lipinski definition) is 2. The normalized spacial score (nSPS) is 12.6. The highest BCUT2D eigenvalue weighted by Gasteiger charge is 2.29. The van der Waals surface area contributed by atoms with Crippen LogP contribution in [0.3, 0.4) is 0 Å². The van der Waals surface area contributed by atoms with Crippen molar-refractivity contribution < 1.29 is 33.0 Å². The van der Waals surface area contributed by atoms with E-state index in [0.717, 1.165) is 19.2 Å². The van der Waals surface area contributed by atoms with Crippen LogP contribution in [0.25, 0.3) is 0 Å². The highest BCUT2D eigenvalue weighted by molar-refractivity contribution is 5.85. The molecule has 0 aliphatic carbocycles. The van der Waals surface area contributed by atoms with Gasteiger partial charge in [-0.2, -0.15) is 0 Å². The molecule has 8 heteroatoms. The fraction of sp³-hybridized carbons (Fsp3) is 0.429. The molecule has 1 unspecified atom stereocenters. The number of carboxylic acids is 1. The number of ether oxygens (including phenoxy) is 2. The molecule has 0 spiro atoms. The van der Waals surface area contributed by atoms with Gasteiger partial charge in [0, 0.05) is 7.11 Å². The molecule has 1 atom stereocenters. The number of aliphatic carboxylic acids is 1. The minimum Gasteiger partial charge on any atom is -0.479 e. The molecule has 1 amide bonds. The summed E-state index contributed by atoms with van der Waals surface area (Å²) in [7, 11) is 1.01. The van der Waals surface area contributed by atoms with Crippen LogP contribution in [0.1, 0.15) is 32.4 Å². The van der Waals surface area contributed by atoms with Gasteiger partial charge in [0.05, 0.1) is 11.3 Å². The zero-order valence-corrected chi connectivity index (χ0v) is 12.6. The quantitative estimate of drug-likeness (QED) is 0.891. The Hall–Kier alpha value is -2.22. The average molecular weight is 317 g/mol. The van der Waals surface area contributed by atoms with Crippen LogP contribution in [-0.2, 0) is 14.3 Å². The van der Waals surface area contributed by atoms with Gasteiger partial charge in [-0.25, -0.2) is 18.4 Å². The van der Waals surface area contributed by atoms with E-state index in [9.17, 15) is 18.4 Å². The summed E-state index contributed by atoms with van der Waals surface area (Å²) in [6.07, 6.45) is -2.78. The van der Waals surface area contributed by atoms with Crippen LogP contribution in [-0.4, -0.2) is 29.9 Å². The molecule has 6 nitrogen and oxygen atoms in total. The molecule has 1 aromatic carbocycles. The summed E-state index contributed by atoms with van der Waals surface area (Å²) in [5.41, 5.74) is -2.02. The van der Waals surface area contributed by atoms with Crippen LogP contribution < -0.4 is 5.32 Å². The molecule has 1 aromatic rings. The maximum Gasteiger partial charge on any atom is 0.412 e. The van der Waals surface area contributed by atoms with E-state index in [1.54, 1.807) is 20.8 Å². The zero-order chi connectivity index (χ0) is 17.1. The predicted octanol–water partition coefficient (Wildman–Crippen LogP) is 3.08. The molecule has 0 heterocycles. The van der Waals surface area contributed by atoms with Gasteiger partial charge in [0.15, 0.2) is 11.9 Å². The van der Waals surface area contributed by atoms with Crippen LogP contribution in [0.2, 0.25) is 0 Å². The van der Waals surface area contributed by atoms with Crippen LogP contribution in [0.4, 0.5) is 19.3 Å². The minimum atomic E-state index is -1.83. The van der Waals surface area contributed by atoms with E-state index in [2.05, 4.69) is 10.1 Å². The number of halogens is 2. The first-order valence-electron chi connectivity index (χ1n) is 6.30. The first-order chi connectivity index (χ1) is 10.1. The van der Waals surface area contributed by atoms with Crippen LogP contribution in [0.15, 0.2) is 12.1 Å². The van der Waals surface area contributed by atoms with Crippen molar-refractivity contribution in [3.05, 3.63) is 29.3 Å². The third-order valence-electron chi connectivity index (χ3n) is 2.48. The van der Waals surface area contributed by atoms with Gasteiger partial charge in [-0.15, -0.1) is 0 Å². The predicted molar refractivity (Wildman–Crippen MR) is 73.6 cm³/mol. The molecule has 0 saturated carbocycles. The van der Waals surface area contributed by atoms with Crippen LogP contribution >= 0.6 is 0 Å². The van der Waals surface area contributed by atoms with E-state index < -0.39 is 46.7 Å². The third-order valence-corrected chi connectivity index (χ3v) is 2.48. The molecule has 0 radical (unpaired) electrons. The van der Waals surface area contributed by atoms with E-state index in [4.69, 9.17) is 9.84 Å². The molecule has 122 valence electrons. The second-order valence-corrected chi connectivity index (χ2v) is 5.40. The highest BCUT2D eigenvalue weighted by Crippen LogP contribution is 2.29. The summed E-state index contributed by atoms with van der Waals surface area (Å²) in [6.45, 7) is 4.85. The van der Waals surface area contributed by atoms with Crippen LogP contribution in [0.5, 0.6) is 0 Å². The van der Waals surface area contributed by atoms with Gasteiger partial charge in [-0.3, -0.25) is 5.32 Å². The summed E-state index contributed by atoms with van der Waals surface area (Å²) in [5.74, 6) is -3.89. The summed E-state index contributed by atoms with van der Waals surface area (Å²) >= 11 is 0. The fourth-order valence-corrected chi connectivity index (χ4v) is 1.66. The van der Waals surface area contributed by atoms with E-state index in [0.29, 0.717) is 0 Å². The van der Waals surface area contributed by atoms with Gasteiger partial charge in [0.25, 0.3) is 0 Å². The molecule has 0 bridgehead atoms. The lowest BCUT2D eigenvalue weighted by Crippen LogP contribution is -2.28. The molecular formula is C14H17F2NO5. The summed E-state index contributed by atoms with van der Waals surface area (Å²) < 4.78 is 37.5. The molecule has 0 aromatic heterocycles. The maximum absolute atomic E-state index is 14.3. The first-order valence-corrected chi connectivity index (χ1v) is 6.30. The average Bonchev–Trinajstić information content (AvgIpc) is 2.35. The van der Waals surface area contributed by atoms with Gasteiger partial charge < -0.3 is 14.6 Å². The smallest absolute Gasteiger partial charge is 0.412 e. The second kappa shape index (κ2) is 6.69. The van der Waals surface area contributed by atoms with Crippen molar-refractivity contribution in [3.8, 4) is 0 Å². The second-order valence-electron chi connectivity index (χ2n) is 5.40. The zero-order valence-electron chi connectivity index (χ0n) is 12.6. The van der Waals surface area contributed by atoms with E-state index in [1.165, 1.54) is 0 Å². The van der Waals surface area contributed by atoms with Gasteiger partial charge >= 0.3 is 12.1 Å². The summed E-state index contributed by atoms with van der Waals surface area (Å²) in [6, 6.07) is 1.80. The lowest BCUT2D eigenvalue weighted by molar-refractivity contribution is -0.149. The van der Waals surface area contributed by atoms with Crippen molar-refractivity contribution in [1.82, 2.24) is 0 Å². The number of amides is 1. The molecule has 2 N–H and O–H groups in total. The molecule has 1 rings (SSSR count). The van der Waals surface area contributed by atoms with Gasteiger partial charge in [0.2, 0.25) is 0 Å². The SMILES string of the molecule is COC(C(=O)O)c1c(F)ccc(NC(=O)OC(C)(C)C)c1F.